The van der Waals surface area contributed by atoms with Crippen LogP contribution >= 0.6 is 15.9 Å². The van der Waals surface area contributed by atoms with Gasteiger partial charge in [-0.25, -0.2) is 0 Å². The second-order valence-corrected chi connectivity index (χ2v) is 7.03. The van der Waals surface area contributed by atoms with Crippen molar-refractivity contribution in [3.63, 3.8) is 0 Å². The summed E-state index contributed by atoms with van der Waals surface area (Å²) in [5.41, 5.74) is 2.25. The summed E-state index contributed by atoms with van der Waals surface area (Å²) >= 11 is 3.36. The third kappa shape index (κ3) is 3.31. The Labute approximate surface area is 164 Å². The quantitative estimate of drug-likeness (QED) is 0.625. The zero-order valence-electron chi connectivity index (χ0n) is 14.4. The van der Waals surface area contributed by atoms with E-state index in [4.69, 9.17) is 4.74 Å². The first-order valence-electron chi connectivity index (χ1n) is 8.29. The summed E-state index contributed by atoms with van der Waals surface area (Å²) in [6, 6.07) is 19.5. The molecule has 0 fully saturated rings. The number of anilines is 2. The monoisotopic (exact) mass is 422 g/mol. The van der Waals surface area contributed by atoms with Gasteiger partial charge in [-0.3, -0.25) is 9.59 Å². The van der Waals surface area contributed by atoms with Crippen molar-refractivity contribution >= 4 is 39.1 Å². The van der Waals surface area contributed by atoms with E-state index in [1.54, 1.807) is 66.5 Å². The van der Waals surface area contributed by atoms with Crippen LogP contribution in [0.4, 0.5) is 11.4 Å². The first-order chi connectivity index (χ1) is 13.0. The van der Waals surface area contributed by atoms with Crippen LogP contribution in [0.1, 0.15) is 20.7 Å². The van der Waals surface area contributed by atoms with Crippen molar-refractivity contribution in [2.75, 3.05) is 17.3 Å². The first-order valence-corrected chi connectivity index (χ1v) is 9.08. The molecule has 5 nitrogen and oxygen atoms in total. The van der Waals surface area contributed by atoms with Gasteiger partial charge in [0.2, 0.25) is 0 Å². The summed E-state index contributed by atoms with van der Waals surface area (Å²) in [6.07, 6.45) is 0. The number of hydrogen-bond donors (Lipinski definition) is 1. The lowest BCUT2D eigenvalue weighted by Gasteiger charge is -2.17. The molecule has 134 valence electrons. The van der Waals surface area contributed by atoms with Crippen LogP contribution < -0.4 is 15.0 Å². The molecule has 1 aliphatic rings. The van der Waals surface area contributed by atoms with Crippen LogP contribution in [0.25, 0.3) is 0 Å². The van der Waals surface area contributed by atoms with Crippen LogP contribution in [0.5, 0.6) is 11.5 Å². The standard InChI is InChI=1S/C21H15BrN2O3/c1-24-17-10-9-15(23-20(25)13-5-4-6-14(22)11-13)12-19(17)27-18-8-3-2-7-16(18)21(24)26/h2-12H,1H3,(H,23,25). The number of amides is 2. The number of rotatable bonds is 2. The minimum Gasteiger partial charge on any atom is -0.454 e. The molecular weight excluding hydrogens is 408 g/mol. The molecule has 0 aliphatic carbocycles. The lowest BCUT2D eigenvalue weighted by molar-refractivity contribution is 0.0991. The Morgan fingerprint density at radius 3 is 2.63 bits per heavy atom. The number of benzene rings is 3. The molecule has 0 radical (unpaired) electrons. The average molecular weight is 423 g/mol. The highest BCUT2D eigenvalue weighted by Crippen LogP contribution is 2.39. The van der Waals surface area contributed by atoms with E-state index >= 15 is 0 Å². The minimum absolute atomic E-state index is 0.143. The molecule has 27 heavy (non-hydrogen) atoms. The van der Waals surface area contributed by atoms with Gasteiger partial charge in [-0.05, 0) is 42.5 Å². The molecular formula is C21H15BrN2O3. The number of hydrogen-bond acceptors (Lipinski definition) is 3. The molecule has 6 heteroatoms. The smallest absolute Gasteiger partial charge is 0.261 e. The number of nitrogens with zero attached hydrogens (tertiary/aromatic N) is 1. The van der Waals surface area contributed by atoms with Gasteiger partial charge in [0.25, 0.3) is 11.8 Å². The van der Waals surface area contributed by atoms with Gasteiger partial charge >= 0.3 is 0 Å². The summed E-state index contributed by atoms with van der Waals surface area (Å²) < 4.78 is 6.80. The van der Waals surface area contributed by atoms with Crippen LogP contribution in [-0.2, 0) is 0 Å². The lowest BCUT2D eigenvalue weighted by atomic mass is 10.1. The molecule has 0 bridgehead atoms. The fourth-order valence-corrected chi connectivity index (χ4v) is 3.32. The molecule has 0 atom stereocenters. The second-order valence-electron chi connectivity index (χ2n) is 6.11. The molecule has 1 N–H and O–H groups in total. The van der Waals surface area contributed by atoms with E-state index in [-0.39, 0.29) is 11.8 Å². The maximum Gasteiger partial charge on any atom is 0.261 e. The van der Waals surface area contributed by atoms with E-state index in [2.05, 4.69) is 21.2 Å². The minimum atomic E-state index is -0.227. The van der Waals surface area contributed by atoms with Crippen LogP contribution in [-0.4, -0.2) is 18.9 Å². The van der Waals surface area contributed by atoms with Crippen molar-refractivity contribution in [2.45, 2.75) is 0 Å². The number of para-hydroxylation sites is 1. The Morgan fingerprint density at radius 2 is 1.81 bits per heavy atom. The maximum absolute atomic E-state index is 12.7. The molecule has 0 unspecified atom stereocenters. The Bertz CT molecular complexity index is 1060. The number of halogens is 1. The molecule has 3 aromatic carbocycles. The first kappa shape index (κ1) is 17.3. The number of fused-ring (bicyclic) bond motifs is 2. The number of ether oxygens (including phenoxy) is 1. The van der Waals surface area contributed by atoms with E-state index in [1.165, 1.54) is 0 Å². The highest BCUT2D eigenvalue weighted by atomic mass is 79.9. The van der Waals surface area contributed by atoms with Gasteiger partial charge in [-0.2, -0.15) is 0 Å². The predicted molar refractivity (Wildman–Crippen MR) is 108 cm³/mol. The van der Waals surface area contributed by atoms with Crippen LogP contribution in [0.15, 0.2) is 71.2 Å². The van der Waals surface area contributed by atoms with Crippen LogP contribution in [0.3, 0.4) is 0 Å². The Hall–Kier alpha value is -3.12. The van der Waals surface area contributed by atoms with Crippen molar-refractivity contribution in [3.05, 3.63) is 82.3 Å². The Morgan fingerprint density at radius 1 is 1.00 bits per heavy atom. The van der Waals surface area contributed by atoms with E-state index in [1.807, 2.05) is 12.1 Å². The van der Waals surface area contributed by atoms with Crippen molar-refractivity contribution in [3.8, 4) is 11.5 Å². The molecule has 3 aromatic rings. The molecule has 4 rings (SSSR count). The van der Waals surface area contributed by atoms with E-state index in [0.717, 1.165) is 4.47 Å². The third-order valence-electron chi connectivity index (χ3n) is 4.31. The summed E-state index contributed by atoms with van der Waals surface area (Å²) in [6.45, 7) is 0. The zero-order chi connectivity index (χ0) is 19.0. The van der Waals surface area contributed by atoms with E-state index in [0.29, 0.717) is 34.0 Å². The average Bonchev–Trinajstić information content (AvgIpc) is 2.77. The fraction of sp³-hybridized carbons (Fsp3) is 0.0476. The largest absolute Gasteiger partial charge is 0.454 e. The molecule has 1 heterocycles. The number of carbonyl (C=O) groups is 2. The van der Waals surface area contributed by atoms with Crippen LogP contribution in [0.2, 0.25) is 0 Å². The summed E-state index contributed by atoms with van der Waals surface area (Å²) in [7, 11) is 1.70. The van der Waals surface area contributed by atoms with Gasteiger partial charge < -0.3 is 15.0 Å². The maximum atomic E-state index is 12.7. The highest BCUT2D eigenvalue weighted by Gasteiger charge is 2.25. The number of nitrogens with one attached hydrogen (secondary N) is 1. The third-order valence-corrected chi connectivity index (χ3v) is 4.80. The summed E-state index contributed by atoms with van der Waals surface area (Å²) in [4.78, 5) is 26.7. The van der Waals surface area contributed by atoms with Crippen molar-refractivity contribution in [2.24, 2.45) is 0 Å². The topological polar surface area (TPSA) is 58.6 Å². The summed E-state index contributed by atoms with van der Waals surface area (Å²) in [5.74, 6) is 0.622. The normalized spacial score (nSPS) is 12.5. The molecule has 0 aromatic heterocycles. The molecule has 0 saturated carbocycles. The number of carbonyl (C=O) groups excluding carboxylic acids is 2. The van der Waals surface area contributed by atoms with Gasteiger partial charge in [-0.1, -0.05) is 34.1 Å². The lowest BCUT2D eigenvalue weighted by Crippen LogP contribution is -2.25. The van der Waals surface area contributed by atoms with Gasteiger partial charge in [0.15, 0.2) is 5.75 Å². The van der Waals surface area contributed by atoms with Crippen molar-refractivity contribution in [1.29, 1.82) is 0 Å². The SMILES string of the molecule is CN1C(=O)c2ccccc2Oc2cc(NC(=O)c3cccc(Br)c3)ccc21. The summed E-state index contributed by atoms with van der Waals surface area (Å²) in [5, 5.41) is 2.86. The Balaban J connectivity index is 1.67. The second kappa shape index (κ2) is 6.89. The molecule has 0 saturated heterocycles. The molecule has 1 aliphatic heterocycles. The highest BCUT2D eigenvalue weighted by molar-refractivity contribution is 9.10. The molecule has 0 spiro atoms. The molecule has 2 amide bonds. The van der Waals surface area contributed by atoms with Crippen molar-refractivity contribution in [1.82, 2.24) is 0 Å². The van der Waals surface area contributed by atoms with Gasteiger partial charge in [0.05, 0.1) is 11.3 Å². The van der Waals surface area contributed by atoms with Gasteiger partial charge in [0.1, 0.15) is 5.75 Å². The van der Waals surface area contributed by atoms with E-state index in [9.17, 15) is 9.59 Å². The van der Waals surface area contributed by atoms with Crippen molar-refractivity contribution < 1.29 is 14.3 Å². The van der Waals surface area contributed by atoms with Gasteiger partial charge in [0, 0.05) is 28.8 Å². The van der Waals surface area contributed by atoms with Gasteiger partial charge in [-0.15, -0.1) is 0 Å². The van der Waals surface area contributed by atoms with Crippen LogP contribution in [0, 0.1) is 0 Å². The zero-order valence-corrected chi connectivity index (χ0v) is 16.0. The fourth-order valence-electron chi connectivity index (χ4n) is 2.92. The predicted octanol–water partition coefficient (Wildman–Crippen LogP) is 5.08. The Kier molecular flexibility index (Phi) is 4.41. The van der Waals surface area contributed by atoms with E-state index < -0.39 is 0 Å².